The number of amides is 2. The Morgan fingerprint density at radius 3 is 2.63 bits per heavy atom. The predicted molar refractivity (Wildman–Crippen MR) is 72.7 cm³/mol. The first-order valence-corrected chi connectivity index (χ1v) is 6.80. The molecule has 2 fully saturated rings. The van der Waals surface area contributed by atoms with Crippen LogP contribution in [0.5, 0.6) is 0 Å². The van der Waals surface area contributed by atoms with E-state index in [0.29, 0.717) is 10.7 Å². The second-order valence-corrected chi connectivity index (χ2v) is 5.84. The minimum atomic E-state index is -0.454. The summed E-state index contributed by atoms with van der Waals surface area (Å²) in [6, 6.07) is 5.41. The van der Waals surface area contributed by atoms with E-state index < -0.39 is 5.41 Å². The van der Waals surface area contributed by atoms with Gasteiger partial charge in [-0.15, -0.1) is 0 Å². The summed E-state index contributed by atoms with van der Waals surface area (Å²) in [5.74, 6) is -0.153. The monoisotopic (exact) mass is 278 g/mol. The van der Waals surface area contributed by atoms with Gasteiger partial charge in [0.2, 0.25) is 11.8 Å². The SMILES string of the molecule is Cc1ccc(N2NC(=O)C3(CCC3)CC2=O)c(Cl)c1. The quantitative estimate of drug-likeness (QED) is 0.858. The van der Waals surface area contributed by atoms with Gasteiger partial charge in [0, 0.05) is 6.42 Å². The van der Waals surface area contributed by atoms with E-state index in [4.69, 9.17) is 11.6 Å². The van der Waals surface area contributed by atoms with E-state index in [1.165, 1.54) is 5.01 Å². The van der Waals surface area contributed by atoms with Crippen molar-refractivity contribution in [2.45, 2.75) is 32.6 Å². The number of carbonyl (C=O) groups excluding carboxylic acids is 2. The number of nitrogens with zero attached hydrogens (tertiary/aromatic N) is 1. The lowest BCUT2D eigenvalue weighted by Gasteiger charge is -2.45. The first-order chi connectivity index (χ1) is 9.02. The van der Waals surface area contributed by atoms with Gasteiger partial charge in [-0.25, -0.2) is 5.01 Å². The van der Waals surface area contributed by atoms with Gasteiger partial charge >= 0.3 is 0 Å². The summed E-state index contributed by atoms with van der Waals surface area (Å²) >= 11 is 6.15. The van der Waals surface area contributed by atoms with Crippen LogP contribution < -0.4 is 10.4 Å². The molecular formula is C14H15ClN2O2. The van der Waals surface area contributed by atoms with Crippen molar-refractivity contribution in [3.63, 3.8) is 0 Å². The number of anilines is 1. The molecule has 1 heterocycles. The van der Waals surface area contributed by atoms with Gasteiger partial charge in [-0.1, -0.05) is 24.1 Å². The van der Waals surface area contributed by atoms with Crippen molar-refractivity contribution in [2.75, 3.05) is 5.01 Å². The number of aryl methyl sites for hydroxylation is 1. The summed E-state index contributed by atoms with van der Waals surface area (Å²) < 4.78 is 0. The van der Waals surface area contributed by atoms with E-state index in [-0.39, 0.29) is 18.2 Å². The second-order valence-electron chi connectivity index (χ2n) is 5.44. The van der Waals surface area contributed by atoms with Crippen LogP contribution in [0.1, 0.15) is 31.2 Å². The van der Waals surface area contributed by atoms with Crippen LogP contribution in [0.3, 0.4) is 0 Å². The molecule has 2 amide bonds. The third-order valence-corrected chi connectivity index (χ3v) is 4.39. The summed E-state index contributed by atoms with van der Waals surface area (Å²) in [7, 11) is 0. The number of benzene rings is 1. The highest BCUT2D eigenvalue weighted by Gasteiger charge is 2.50. The minimum absolute atomic E-state index is 0.0602. The molecule has 1 N–H and O–H groups in total. The molecule has 0 unspecified atom stereocenters. The summed E-state index contributed by atoms with van der Waals surface area (Å²) in [6.45, 7) is 1.93. The van der Waals surface area contributed by atoms with Gasteiger partial charge in [0.25, 0.3) is 0 Å². The zero-order valence-electron chi connectivity index (χ0n) is 10.7. The molecular weight excluding hydrogens is 264 g/mol. The minimum Gasteiger partial charge on any atom is -0.273 e. The molecule has 1 aromatic carbocycles. The summed E-state index contributed by atoms with van der Waals surface area (Å²) in [6.07, 6.45) is 2.91. The normalized spacial score (nSPS) is 21.3. The van der Waals surface area contributed by atoms with E-state index in [0.717, 1.165) is 24.8 Å². The van der Waals surface area contributed by atoms with Crippen LogP contribution in [0.2, 0.25) is 5.02 Å². The molecule has 0 atom stereocenters. The number of hydrogen-bond donors (Lipinski definition) is 1. The Bertz CT molecular complexity index is 567. The number of rotatable bonds is 1. The van der Waals surface area contributed by atoms with E-state index in [1.54, 1.807) is 12.1 Å². The van der Waals surface area contributed by atoms with Gasteiger partial charge in [-0.2, -0.15) is 0 Å². The van der Waals surface area contributed by atoms with Crippen molar-refractivity contribution in [1.29, 1.82) is 0 Å². The Labute approximate surface area is 116 Å². The molecule has 1 aromatic rings. The second kappa shape index (κ2) is 4.23. The fourth-order valence-corrected chi connectivity index (χ4v) is 3.05. The number of hydrazine groups is 1. The van der Waals surface area contributed by atoms with Crippen molar-refractivity contribution >= 4 is 29.1 Å². The molecule has 19 heavy (non-hydrogen) atoms. The Hall–Kier alpha value is -1.55. The maximum Gasteiger partial charge on any atom is 0.246 e. The third-order valence-electron chi connectivity index (χ3n) is 4.09. The first kappa shape index (κ1) is 12.5. The molecule has 0 radical (unpaired) electrons. The standard InChI is InChI=1S/C14H15ClN2O2/c1-9-3-4-11(10(15)7-9)17-12(18)8-14(5-2-6-14)13(19)16-17/h3-4,7H,2,5-6,8H2,1H3,(H,16,19). The van der Waals surface area contributed by atoms with E-state index >= 15 is 0 Å². The lowest BCUT2D eigenvalue weighted by atomic mass is 9.65. The molecule has 0 bridgehead atoms. The molecule has 1 spiro atoms. The van der Waals surface area contributed by atoms with Crippen LogP contribution >= 0.6 is 11.6 Å². The van der Waals surface area contributed by atoms with Gasteiger partial charge in [0.15, 0.2) is 0 Å². The third kappa shape index (κ3) is 1.91. The highest BCUT2D eigenvalue weighted by Crippen LogP contribution is 2.46. The zero-order chi connectivity index (χ0) is 13.6. The fourth-order valence-electron chi connectivity index (χ4n) is 2.73. The number of hydrogen-bond acceptors (Lipinski definition) is 2. The van der Waals surface area contributed by atoms with E-state index in [1.807, 2.05) is 13.0 Å². The summed E-state index contributed by atoms with van der Waals surface area (Å²) in [5, 5.41) is 1.76. The van der Waals surface area contributed by atoms with Crippen molar-refractivity contribution in [1.82, 2.24) is 5.43 Å². The number of halogens is 1. The molecule has 3 rings (SSSR count). The molecule has 2 aliphatic rings. The average molecular weight is 279 g/mol. The van der Waals surface area contributed by atoms with Crippen LogP contribution in [0, 0.1) is 12.3 Å². The highest BCUT2D eigenvalue weighted by atomic mass is 35.5. The Kier molecular flexibility index (Phi) is 2.78. The van der Waals surface area contributed by atoms with Crippen molar-refractivity contribution < 1.29 is 9.59 Å². The smallest absolute Gasteiger partial charge is 0.246 e. The molecule has 1 aliphatic heterocycles. The molecule has 1 saturated heterocycles. The topological polar surface area (TPSA) is 49.4 Å². The van der Waals surface area contributed by atoms with Crippen LogP contribution in [-0.4, -0.2) is 11.8 Å². The van der Waals surface area contributed by atoms with Crippen LogP contribution in [0.15, 0.2) is 18.2 Å². The lowest BCUT2D eigenvalue weighted by molar-refractivity contribution is -0.146. The van der Waals surface area contributed by atoms with Crippen molar-refractivity contribution in [3.05, 3.63) is 28.8 Å². The van der Waals surface area contributed by atoms with E-state index in [2.05, 4.69) is 5.43 Å². The van der Waals surface area contributed by atoms with Gasteiger partial charge in [0.05, 0.1) is 16.1 Å². The number of carbonyl (C=O) groups is 2. The van der Waals surface area contributed by atoms with Crippen molar-refractivity contribution in [3.8, 4) is 0 Å². The molecule has 4 nitrogen and oxygen atoms in total. The molecule has 5 heteroatoms. The lowest BCUT2D eigenvalue weighted by Crippen LogP contribution is -2.61. The summed E-state index contributed by atoms with van der Waals surface area (Å²) in [5.41, 5.74) is 3.80. The van der Waals surface area contributed by atoms with Gasteiger partial charge < -0.3 is 0 Å². The molecule has 0 aromatic heterocycles. The van der Waals surface area contributed by atoms with Gasteiger partial charge in [-0.3, -0.25) is 15.0 Å². The average Bonchev–Trinajstić information content (AvgIpc) is 2.30. The van der Waals surface area contributed by atoms with E-state index in [9.17, 15) is 9.59 Å². The Morgan fingerprint density at radius 1 is 1.32 bits per heavy atom. The van der Waals surface area contributed by atoms with Gasteiger partial charge in [-0.05, 0) is 37.5 Å². The summed E-state index contributed by atoms with van der Waals surface area (Å²) in [4.78, 5) is 24.4. The maximum absolute atomic E-state index is 12.2. The largest absolute Gasteiger partial charge is 0.273 e. The highest BCUT2D eigenvalue weighted by molar-refractivity contribution is 6.34. The maximum atomic E-state index is 12.2. The van der Waals surface area contributed by atoms with Gasteiger partial charge in [0.1, 0.15) is 0 Å². The fraction of sp³-hybridized carbons (Fsp3) is 0.429. The first-order valence-electron chi connectivity index (χ1n) is 6.42. The number of nitrogens with one attached hydrogen (secondary N) is 1. The van der Waals surface area contributed by atoms with Crippen LogP contribution in [0.25, 0.3) is 0 Å². The molecule has 1 saturated carbocycles. The predicted octanol–water partition coefficient (Wildman–Crippen LogP) is 2.59. The van der Waals surface area contributed by atoms with Crippen molar-refractivity contribution in [2.24, 2.45) is 5.41 Å². The molecule has 1 aliphatic carbocycles. The molecule has 100 valence electrons. The zero-order valence-corrected chi connectivity index (χ0v) is 11.5. The van der Waals surface area contributed by atoms with Crippen LogP contribution in [0.4, 0.5) is 5.69 Å². The Balaban J connectivity index is 1.90. The Morgan fingerprint density at radius 2 is 2.05 bits per heavy atom. The van der Waals surface area contributed by atoms with Crippen LogP contribution in [-0.2, 0) is 9.59 Å².